The summed E-state index contributed by atoms with van der Waals surface area (Å²) in [7, 11) is 1.42. The third kappa shape index (κ3) is 1.28. The minimum Gasteiger partial charge on any atom is -0.477 e. The molecule has 1 rings (SSSR count). The van der Waals surface area contributed by atoms with E-state index in [1.54, 1.807) is 6.92 Å². The summed E-state index contributed by atoms with van der Waals surface area (Å²) < 4.78 is 9.43. The van der Waals surface area contributed by atoms with Gasteiger partial charge in [-0.1, -0.05) is 0 Å². The number of isocyanates is 1. The van der Waals surface area contributed by atoms with Crippen molar-refractivity contribution < 1.29 is 14.1 Å². The van der Waals surface area contributed by atoms with Crippen molar-refractivity contribution in [3.63, 3.8) is 0 Å². The number of hydrogen-bond acceptors (Lipinski definition) is 5. The molecule has 0 aliphatic rings. The predicted molar refractivity (Wildman–Crippen MR) is 35.6 cm³/mol. The van der Waals surface area contributed by atoms with Crippen LogP contribution in [0.5, 0.6) is 5.88 Å². The molecule has 58 valence electrons. The van der Waals surface area contributed by atoms with Crippen LogP contribution in [0.15, 0.2) is 9.52 Å². The molecule has 11 heavy (non-hydrogen) atoms. The van der Waals surface area contributed by atoms with Crippen LogP contribution in [0.2, 0.25) is 0 Å². The largest absolute Gasteiger partial charge is 0.477 e. The highest BCUT2D eigenvalue weighted by Crippen LogP contribution is 2.28. The van der Waals surface area contributed by atoms with E-state index >= 15 is 0 Å². The summed E-state index contributed by atoms with van der Waals surface area (Å²) in [6.45, 7) is 1.63. The van der Waals surface area contributed by atoms with E-state index in [9.17, 15) is 4.79 Å². The number of ether oxygens (including phenoxy) is 1. The lowest BCUT2D eigenvalue weighted by atomic mass is 10.4. The molecule has 1 heterocycles. The molecule has 0 aromatic carbocycles. The molecule has 0 atom stereocenters. The second-order valence-corrected chi connectivity index (χ2v) is 1.80. The normalized spacial score (nSPS) is 8.91. The molecule has 1 aromatic rings. The molecule has 0 saturated carbocycles. The van der Waals surface area contributed by atoms with Crippen molar-refractivity contribution in [2.24, 2.45) is 4.99 Å². The highest BCUT2D eigenvalue weighted by Gasteiger charge is 2.11. The van der Waals surface area contributed by atoms with Gasteiger partial charge in [0.05, 0.1) is 7.11 Å². The average molecular weight is 154 g/mol. The van der Waals surface area contributed by atoms with E-state index in [0.717, 1.165) is 0 Å². The van der Waals surface area contributed by atoms with Gasteiger partial charge in [0.15, 0.2) is 11.4 Å². The van der Waals surface area contributed by atoms with Crippen LogP contribution in [0.1, 0.15) is 5.76 Å². The van der Waals surface area contributed by atoms with Crippen LogP contribution in [-0.2, 0) is 4.79 Å². The van der Waals surface area contributed by atoms with Crippen LogP contribution in [0, 0.1) is 6.92 Å². The molecule has 0 aliphatic heterocycles. The minimum absolute atomic E-state index is 0.200. The molecule has 0 N–H and O–H groups in total. The first-order valence-corrected chi connectivity index (χ1v) is 2.87. The maximum atomic E-state index is 9.88. The van der Waals surface area contributed by atoms with Gasteiger partial charge < -0.3 is 9.26 Å². The van der Waals surface area contributed by atoms with Crippen LogP contribution < -0.4 is 4.74 Å². The van der Waals surface area contributed by atoms with Gasteiger partial charge in [0.1, 0.15) is 0 Å². The molecule has 0 amide bonds. The molecule has 0 fully saturated rings. The summed E-state index contributed by atoms with van der Waals surface area (Å²) in [5, 5.41) is 3.48. The first-order chi connectivity index (χ1) is 5.29. The molecule has 5 heteroatoms. The van der Waals surface area contributed by atoms with Crippen molar-refractivity contribution in [2.45, 2.75) is 6.92 Å². The second kappa shape index (κ2) is 2.98. The molecule has 0 spiro atoms. The van der Waals surface area contributed by atoms with Gasteiger partial charge in [-0.2, -0.15) is 4.99 Å². The summed E-state index contributed by atoms with van der Waals surface area (Å²) in [5.41, 5.74) is 0.294. The van der Waals surface area contributed by atoms with Crippen molar-refractivity contribution in [1.82, 2.24) is 5.16 Å². The van der Waals surface area contributed by atoms with Crippen LogP contribution in [0.3, 0.4) is 0 Å². The van der Waals surface area contributed by atoms with Crippen molar-refractivity contribution >= 4 is 11.8 Å². The number of methoxy groups -OCH3 is 1. The van der Waals surface area contributed by atoms with Crippen LogP contribution in [0.4, 0.5) is 5.69 Å². The molecule has 1 aromatic heterocycles. The number of aliphatic imine (C=N–C) groups is 1. The summed E-state index contributed by atoms with van der Waals surface area (Å²) in [6.07, 6.45) is 1.38. The fraction of sp³-hybridized carbons (Fsp3) is 0.333. The van der Waals surface area contributed by atoms with Gasteiger partial charge in [-0.15, -0.1) is 0 Å². The smallest absolute Gasteiger partial charge is 0.281 e. The van der Waals surface area contributed by atoms with E-state index in [2.05, 4.69) is 10.1 Å². The van der Waals surface area contributed by atoms with E-state index in [-0.39, 0.29) is 5.88 Å². The van der Waals surface area contributed by atoms with Crippen molar-refractivity contribution in [2.75, 3.05) is 7.11 Å². The van der Waals surface area contributed by atoms with Gasteiger partial charge in [0.25, 0.3) is 5.88 Å². The van der Waals surface area contributed by atoms with Crippen LogP contribution in [-0.4, -0.2) is 18.3 Å². The van der Waals surface area contributed by atoms with Crippen molar-refractivity contribution in [3.05, 3.63) is 5.76 Å². The summed E-state index contributed by atoms with van der Waals surface area (Å²) in [6, 6.07) is 0. The highest BCUT2D eigenvalue weighted by molar-refractivity contribution is 5.56. The van der Waals surface area contributed by atoms with Gasteiger partial charge in [0.2, 0.25) is 6.08 Å². The number of carbonyl (C=O) groups excluding carboxylic acids is 1. The second-order valence-electron chi connectivity index (χ2n) is 1.80. The topological polar surface area (TPSA) is 64.7 Å². The van der Waals surface area contributed by atoms with Gasteiger partial charge in [-0.3, -0.25) is 0 Å². The Hall–Kier alpha value is -1.61. The Kier molecular flexibility index (Phi) is 2.03. The number of rotatable bonds is 2. The van der Waals surface area contributed by atoms with Crippen molar-refractivity contribution in [1.29, 1.82) is 0 Å². The minimum atomic E-state index is 0.200. The molecule has 0 bridgehead atoms. The molecular formula is C6H6N2O3. The van der Waals surface area contributed by atoms with E-state index in [0.29, 0.717) is 11.4 Å². The maximum absolute atomic E-state index is 9.88. The molecule has 5 nitrogen and oxygen atoms in total. The summed E-state index contributed by atoms with van der Waals surface area (Å²) in [4.78, 5) is 13.2. The number of nitrogens with zero attached hydrogens (tertiary/aromatic N) is 2. The van der Waals surface area contributed by atoms with Gasteiger partial charge >= 0.3 is 0 Å². The van der Waals surface area contributed by atoms with E-state index in [1.165, 1.54) is 13.2 Å². The Bertz CT molecular complexity index is 299. The van der Waals surface area contributed by atoms with Crippen LogP contribution >= 0.6 is 0 Å². The average Bonchev–Trinajstić information content (AvgIpc) is 2.34. The lowest BCUT2D eigenvalue weighted by Crippen LogP contribution is -1.81. The first kappa shape index (κ1) is 7.50. The zero-order chi connectivity index (χ0) is 8.27. The third-order valence-corrected chi connectivity index (χ3v) is 1.15. The van der Waals surface area contributed by atoms with E-state index < -0.39 is 0 Å². The fourth-order valence-electron chi connectivity index (χ4n) is 0.653. The molecule has 0 radical (unpaired) electrons. The number of aryl methyl sites for hydroxylation is 1. The monoisotopic (exact) mass is 154 g/mol. The zero-order valence-electron chi connectivity index (χ0n) is 6.12. The molecule has 0 aliphatic carbocycles. The standard InChI is InChI=1S/C6H6N2O3/c1-4-5(7-3-9)6(10-2)8-11-4/h1-2H3. The van der Waals surface area contributed by atoms with Gasteiger partial charge in [-0.05, 0) is 12.1 Å². The van der Waals surface area contributed by atoms with Gasteiger partial charge in [0, 0.05) is 0 Å². The fourth-order valence-corrected chi connectivity index (χ4v) is 0.653. The van der Waals surface area contributed by atoms with Gasteiger partial charge in [-0.25, -0.2) is 4.79 Å². The van der Waals surface area contributed by atoms with Crippen molar-refractivity contribution in [3.8, 4) is 5.88 Å². The predicted octanol–water partition coefficient (Wildman–Crippen LogP) is 0.959. The summed E-state index contributed by atoms with van der Waals surface area (Å²) in [5.74, 6) is 0.635. The third-order valence-electron chi connectivity index (χ3n) is 1.15. The Morgan fingerprint density at radius 3 is 3.00 bits per heavy atom. The first-order valence-electron chi connectivity index (χ1n) is 2.87. The maximum Gasteiger partial charge on any atom is 0.281 e. The zero-order valence-corrected chi connectivity index (χ0v) is 6.12. The Labute approximate surface area is 62.7 Å². The number of hydrogen-bond donors (Lipinski definition) is 0. The SMILES string of the molecule is COc1noc(C)c1N=C=O. The highest BCUT2D eigenvalue weighted by atomic mass is 16.5. The Balaban J connectivity index is 3.17. The number of aromatic nitrogens is 1. The van der Waals surface area contributed by atoms with E-state index in [1.807, 2.05) is 0 Å². The Morgan fingerprint density at radius 1 is 1.73 bits per heavy atom. The lowest BCUT2D eigenvalue weighted by Gasteiger charge is -1.89. The quantitative estimate of drug-likeness (QED) is 0.470. The Morgan fingerprint density at radius 2 is 2.45 bits per heavy atom. The molecule has 0 unspecified atom stereocenters. The van der Waals surface area contributed by atoms with E-state index in [4.69, 9.17) is 9.26 Å². The molecule has 0 saturated heterocycles. The van der Waals surface area contributed by atoms with Crippen LogP contribution in [0.25, 0.3) is 0 Å². The molecular weight excluding hydrogens is 148 g/mol. The lowest BCUT2D eigenvalue weighted by molar-refractivity contribution is 0.331. The summed E-state index contributed by atoms with van der Waals surface area (Å²) >= 11 is 0.